The van der Waals surface area contributed by atoms with Crippen LogP contribution in [0.3, 0.4) is 0 Å². The van der Waals surface area contributed by atoms with Crippen LogP contribution in [0.15, 0.2) is 29.2 Å². The van der Waals surface area contributed by atoms with Gasteiger partial charge in [-0.05, 0) is 40.6 Å². The molecule has 0 aromatic heterocycles. The molecular weight excluding hydrogens is 204 g/mol. The molecule has 74 valence electrons. The summed E-state index contributed by atoms with van der Waals surface area (Å²) in [6.07, 6.45) is 0. The van der Waals surface area contributed by atoms with Gasteiger partial charge in [-0.15, -0.1) is 0 Å². The van der Waals surface area contributed by atoms with E-state index in [1.54, 1.807) is 11.9 Å². The van der Waals surface area contributed by atoms with E-state index in [2.05, 4.69) is 34.3 Å². The Morgan fingerprint density at radius 1 is 0.933 bits per heavy atom. The van der Waals surface area contributed by atoms with E-state index in [1.807, 2.05) is 0 Å². The molecule has 0 atom stereocenters. The van der Waals surface area contributed by atoms with E-state index in [0.717, 1.165) is 13.1 Å². The molecule has 3 heteroatoms. The number of hydrogen-bond donors (Lipinski definition) is 2. The van der Waals surface area contributed by atoms with Crippen molar-refractivity contribution in [2.24, 2.45) is 0 Å². The van der Waals surface area contributed by atoms with Crippen LogP contribution in [0.25, 0.3) is 10.8 Å². The summed E-state index contributed by atoms with van der Waals surface area (Å²) in [6, 6.07) is 8.90. The van der Waals surface area contributed by atoms with E-state index in [9.17, 15) is 0 Å². The first kappa shape index (κ1) is 8.02. The van der Waals surface area contributed by atoms with Crippen molar-refractivity contribution in [1.29, 1.82) is 0 Å². The summed E-state index contributed by atoms with van der Waals surface area (Å²) in [5, 5.41) is 6.33. The zero-order valence-electron chi connectivity index (χ0n) is 8.13. The van der Waals surface area contributed by atoms with E-state index >= 15 is 0 Å². The van der Waals surface area contributed by atoms with Crippen LogP contribution in [0.5, 0.6) is 0 Å². The average molecular weight is 214 g/mol. The molecule has 2 heterocycles. The second-order valence-corrected chi connectivity index (χ2v) is 4.90. The topological polar surface area (TPSA) is 24.1 Å². The Kier molecular flexibility index (Phi) is 1.43. The van der Waals surface area contributed by atoms with Gasteiger partial charge in [-0.3, -0.25) is 0 Å². The highest BCUT2D eigenvalue weighted by Gasteiger charge is 2.20. The van der Waals surface area contributed by atoms with Gasteiger partial charge in [0, 0.05) is 23.4 Å². The molecule has 0 radical (unpaired) electrons. The van der Waals surface area contributed by atoms with Crippen LogP contribution in [-0.4, -0.2) is 0 Å². The van der Waals surface area contributed by atoms with Gasteiger partial charge in [-0.25, -0.2) is 0 Å². The quantitative estimate of drug-likeness (QED) is 0.659. The minimum atomic E-state index is 0.998. The minimum absolute atomic E-state index is 0.998. The SMILES string of the molecule is c1cc2c3c(ccc4c3c1CNC4)SN2. The van der Waals surface area contributed by atoms with Crippen LogP contribution < -0.4 is 10.0 Å². The third-order valence-electron chi connectivity index (χ3n) is 3.20. The molecule has 0 saturated carbocycles. The molecule has 0 unspecified atom stereocenters. The Hall–Kier alpha value is -1.19. The standard InChI is InChI=1S/C12H10N2S/c1-3-9-12-10(15-14-9)4-2-8-6-13-5-7(1)11(8)12/h1-4,13-14H,5-6H2. The number of anilines is 1. The van der Waals surface area contributed by atoms with Gasteiger partial charge in [0.15, 0.2) is 0 Å². The van der Waals surface area contributed by atoms with E-state index in [0.29, 0.717) is 0 Å². The molecule has 2 nitrogen and oxygen atoms in total. The zero-order valence-corrected chi connectivity index (χ0v) is 8.95. The van der Waals surface area contributed by atoms with E-state index in [-0.39, 0.29) is 0 Å². The van der Waals surface area contributed by atoms with Gasteiger partial charge < -0.3 is 10.0 Å². The Bertz CT molecular complexity index is 531. The largest absolute Gasteiger partial charge is 0.325 e. The molecule has 2 aliphatic heterocycles. The highest BCUT2D eigenvalue weighted by molar-refractivity contribution is 8.01. The van der Waals surface area contributed by atoms with E-state index in [1.165, 1.54) is 32.5 Å². The van der Waals surface area contributed by atoms with Crippen molar-refractivity contribution < 1.29 is 0 Å². The molecule has 15 heavy (non-hydrogen) atoms. The van der Waals surface area contributed by atoms with Crippen molar-refractivity contribution >= 4 is 28.4 Å². The summed E-state index contributed by atoms with van der Waals surface area (Å²) in [5.41, 5.74) is 4.14. The lowest BCUT2D eigenvalue weighted by Gasteiger charge is -2.18. The third-order valence-corrected chi connectivity index (χ3v) is 4.08. The molecule has 0 bridgehead atoms. The maximum absolute atomic E-state index is 3.43. The van der Waals surface area contributed by atoms with Crippen molar-refractivity contribution in [2.45, 2.75) is 18.0 Å². The van der Waals surface area contributed by atoms with E-state index in [4.69, 9.17) is 0 Å². The van der Waals surface area contributed by atoms with Gasteiger partial charge in [0.1, 0.15) is 0 Å². The lowest BCUT2D eigenvalue weighted by Crippen LogP contribution is -2.18. The highest BCUT2D eigenvalue weighted by atomic mass is 32.2. The molecule has 2 aromatic carbocycles. The monoisotopic (exact) mass is 214 g/mol. The molecular formula is C12H10N2S. The molecule has 4 rings (SSSR count). The second-order valence-electron chi connectivity index (χ2n) is 4.05. The van der Waals surface area contributed by atoms with Crippen molar-refractivity contribution in [3.8, 4) is 0 Å². The van der Waals surface area contributed by atoms with Gasteiger partial charge in [0.05, 0.1) is 5.69 Å². The van der Waals surface area contributed by atoms with Gasteiger partial charge in [-0.2, -0.15) is 0 Å². The lowest BCUT2D eigenvalue weighted by atomic mass is 9.95. The number of rotatable bonds is 0. The molecule has 2 aromatic rings. The Balaban J connectivity index is 2.27. The summed E-state index contributed by atoms with van der Waals surface area (Å²) in [4.78, 5) is 1.37. The number of hydrogen-bond acceptors (Lipinski definition) is 3. The van der Waals surface area contributed by atoms with Crippen LogP contribution in [-0.2, 0) is 13.1 Å². The van der Waals surface area contributed by atoms with Crippen molar-refractivity contribution in [1.82, 2.24) is 5.32 Å². The summed E-state index contributed by atoms with van der Waals surface area (Å²) in [6.45, 7) is 2.00. The molecule has 0 amide bonds. The van der Waals surface area contributed by atoms with Crippen LogP contribution in [0.1, 0.15) is 11.1 Å². The fourth-order valence-corrected chi connectivity index (χ4v) is 3.36. The number of nitrogens with one attached hydrogen (secondary N) is 2. The fourth-order valence-electron chi connectivity index (χ4n) is 2.52. The summed E-state index contributed by atoms with van der Waals surface area (Å²) < 4.78 is 3.37. The van der Waals surface area contributed by atoms with E-state index < -0.39 is 0 Å². The molecule has 0 spiro atoms. The molecule has 2 aliphatic rings. The number of benzene rings is 2. The average Bonchev–Trinajstić information content (AvgIpc) is 2.71. The first-order valence-corrected chi connectivity index (χ1v) is 5.96. The molecule has 2 N–H and O–H groups in total. The van der Waals surface area contributed by atoms with Gasteiger partial charge in [0.2, 0.25) is 0 Å². The Labute approximate surface area is 92.2 Å². The van der Waals surface area contributed by atoms with Crippen LogP contribution in [0.2, 0.25) is 0 Å². The van der Waals surface area contributed by atoms with Gasteiger partial charge >= 0.3 is 0 Å². The highest BCUT2D eigenvalue weighted by Crippen LogP contribution is 2.44. The van der Waals surface area contributed by atoms with Gasteiger partial charge in [0.25, 0.3) is 0 Å². The van der Waals surface area contributed by atoms with Crippen LogP contribution in [0.4, 0.5) is 5.69 Å². The Morgan fingerprint density at radius 3 is 2.60 bits per heavy atom. The first-order valence-electron chi connectivity index (χ1n) is 5.14. The smallest absolute Gasteiger partial charge is 0.0534 e. The summed E-state index contributed by atoms with van der Waals surface area (Å²) in [5.74, 6) is 0. The van der Waals surface area contributed by atoms with Crippen molar-refractivity contribution in [3.63, 3.8) is 0 Å². The predicted molar refractivity (Wildman–Crippen MR) is 64.0 cm³/mol. The van der Waals surface area contributed by atoms with Crippen molar-refractivity contribution in [3.05, 3.63) is 35.4 Å². The fraction of sp³-hybridized carbons (Fsp3) is 0.167. The lowest BCUT2D eigenvalue weighted by molar-refractivity contribution is 0.683. The van der Waals surface area contributed by atoms with Crippen LogP contribution in [0, 0.1) is 0 Å². The summed E-state index contributed by atoms with van der Waals surface area (Å²) in [7, 11) is 0. The molecule has 0 saturated heterocycles. The summed E-state index contributed by atoms with van der Waals surface area (Å²) >= 11 is 1.73. The molecule has 0 fully saturated rings. The van der Waals surface area contributed by atoms with Crippen molar-refractivity contribution in [2.75, 3.05) is 4.72 Å². The third kappa shape index (κ3) is 0.945. The first-order chi connectivity index (χ1) is 7.43. The zero-order chi connectivity index (χ0) is 9.83. The normalized spacial score (nSPS) is 16.8. The maximum Gasteiger partial charge on any atom is 0.0534 e. The molecule has 0 aliphatic carbocycles. The Morgan fingerprint density at radius 2 is 1.73 bits per heavy atom. The second kappa shape index (κ2) is 2.68. The predicted octanol–water partition coefficient (Wildman–Crippen LogP) is 2.88. The maximum atomic E-state index is 3.43. The van der Waals surface area contributed by atoms with Gasteiger partial charge in [-0.1, -0.05) is 12.1 Å². The van der Waals surface area contributed by atoms with Crippen LogP contribution >= 0.6 is 11.9 Å². The minimum Gasteiger partial charge on any atom is -0.325 e.